The number of ether oxygens (including phenoxy) is 1. The number of rotatable bonds is 4. The van der Waals surface area contributed by atoms with Crippen molar-refractivity contribution in [1.82, 2.24) is 15.8 Å². The van der Waals surface area contributed by atoms with Gasteiger partial charge in [-0.25, -0.2) is 4.79 Å². The molecule has 0 saturated carbocycles. The molecule has 0 aromatic carbocycles. The number of aromatic nitrogens is 1. The number of carboxylic acid groups (broad SMARTS) is 1. The molecule has 2 heterocycles. The molecule has 8 heteroatoms. The summed E-state index contributed by atoms with van der Waals surface area (Å²) in [6, 6.07) is 0.726. The molecule has 104 valence electrons. The highest BCUT2D eigenvalue weighted by Gasteiger charge is 2.34. The van der Waals surface area contributed by atoms with E-state index in [1.54, 1.807) is 13.0 Å². The van der Waals surface area contributed by atoms with E-state index in [1.807, 2.05) is 0 Å². The Kier molecular flexibility index (Phi) is 4.00. The first-order chi connectivity index (χ1) is 9.06. The van der Waals surface area contributed by atoms with Crippen LogP contribution in [0.5, 0.6) is 0 Å². The van der Waals surface area contributed by atoms with E-state index in [0.717, 1.165) is 5.69 Å². The van der Waals surface area contributed by atoms with Gasteiger partial charge in [0.1, 0.15) is 5.92 Å². The maximum atomic E-state index is 11.6. The molecule has 1 aromatic heterocycles. The van der Waals surface area contributed by atoms with Gasteiger partial charge in [0.05, 0.1) is 31.5 Å². The second-order valence-electron chi connectivity index (χ2n) is 4.35. The number of nitrogens with one attached hydrogen (secondary N) is 2. The van der Waals surface area contributed by atoms with Crippen molar-refractivity contribution < 1.29 is 24.0 Å². The zero-order chi connectivity index (χ0) is 13.8. The van der Waals surface area contributed by atoms with E-state index in [1.165, 1.54) is 0 Å². The molecule has 1 fully saturated rings. The first-order valence-electron chi connectivity index (χ1n) is 5.83. The minimum absolute atomic E-state index is 0.113. The van der Waals surface area contributed by atoms with Gasteiger partial charge >= 0.3 is 12.0 Å². The number of aryl methyl sites for hydroxylation is 1. The Morgan fingerprint density at radius 3 is 2.95 bits per heavy atom. The smallest absolute Gasteiger partial charge is 0.315 e. The number of hydrogen-bond donors (Lipinski definition) is 3. The fourth-order valence-corrected chi connectivity index (χ4v) is 1.83. The van der Waals surface area contributed by atoms with Gasteiger partial charge in [-0.05, 0) is 6.92 Å². The summed E-state index contributed by atoms with van der Waals surface area (Å²) in [6.45, 7) is 2.28. The van der Waals surface area contributed by atoms with Crippen molar-refractivity contribution in [2.24, 2.45) is 5.92 Å². The molecule has 19 heavy (non-hydrogen) atoms. The van der Waals surface area contributed by atoms with Crippen LogP contribution in [0.2, 0.25) is 0 Å². The van der Waals surface area contributed by atoms with Crippen molar-refractivity contribution in [3.8, 4) is 0 Å². The molecule has 1 saturated heterocycles. The van der Waals surface area contributed by atoms with Gasteiger partial charge in [0, 0.05) is 6.07 Å². The van der Waals surface area contributed by atoms with Gasteiger partial charge < -0.3 is 25.0 Å². The largest absolute Gasteiger partial charge is 0.481 e. The van der Waals surface area contributed by atoms with Gasteiger partial charge in [0.25, 0.3) is 0 Å². The average molecular weight is 269 g/mol. The summed E-state index contributed by atoms with van der Waals surface area (Å²) in [5.74, 6) is -1.16. The van der Waals surface area contributed by atoms with E-state index in [0.29, 0.717) is 5.76 Å². The van der Waals surface area contributed by atoms with Crippen LogP contribution in [0.25, 0.3) is 0 Å². The Morgan fingerprint density at radius 2 is 2.32 bits per heavy atom. The Morgan fingerprint density at radius 1 is 1.53 bits per heavy atom. The van der Waals surface area contributed by atoms with E-state index in [9.17, 15) is 9.59 Å². The van der Waals surface area contributed by atoms with Crippen molar-refractivity contribution >= 4 is 12.0 Å². The van der Waals surface area contributed by atoms with Crippen LogP contribution in [0.1, 0.15) is 11.5 Å². The molecule has 2 amide bonds. The minimum atomic E-state index is -0.978. The zero-order valence-corrected chi connectivity index (χ0v) is 10.4. The van der Waals surface area contributed by atoms with Crippen LogP contribution in [0.15, 0.2) is 10.6 Å². The summed E-state index contributed by atoms with van der Waals surface area (Å²) in [5.41, 5.74) is 0.729. The molecule has 0 aliphatic carbocycles. The summed E-state index contributed by atoms with van der Waals surface area (Å²) >= 11 is 0. The first-order valence-corrected chi connectivity index (χ1v) is 5.83. The Balaban J connectivity index is 1.79. The first kappa shape index (κ1) is 13.3. The highest BCUT2D eigenvalue weighted by molar-refractivity contribution is 5.77. The number of carbonyl (C=O) groups is 2. The summed E-state index contributed by atoms with van der Waals surface area (Å²) in [4.78, 5) is 22.5. The summed E-state index contributed by atoms with van der Waals surface area (Å²) in [7, 11) is 0. The predicted octanol–water partition coefficient (Wildman–Crippen LogP) is -0.118. The van der Waals surface area contributed by atoms with Crippen LogP contribution >= 0.6 is 0 Å². The normalized spacial score (nSPS) is 22.2. The van der Waals surface area contributed by atoms with Gasteiger partial charge in [0.15, 0.2) is 5.76 Å². The van der Waals surface area contributed by atoms with Crippen LogP contribution in [0.4, 0.5) is 4.79 Å². The monoisotopic (exact) mass is 269 g/mol. The fourth-order valence-electron chi connectivity index (χ4n) is 1.83. The highest BCUT2D eigenvalue weighted by Crippen LogP contribution is 2.13. The quantitative estimate of drug-likeness (QED) is 0.702. The topological polar surface area (TPSA) is 114 Å². The molecule has 1 aliphatic rings. The van der Waals surface area contributed by atoms with Gasteiger partial charge in [0.2, 0.25) is 0 Å². The summed E-state index contributed by atoms with van der Waals surface area (Å²) < 4.78 is 9.98. The molecule has 2 rings (SSSR count). The molecule has 0 spiro atoms. The Labute approximate surface area is 109 Å². The zero-order valence-electron chi connectivity index (χ0n) is 10.4. The van der Waals surface area contributed by atoms with E-state index in [4.69, 9.17) is 14.4 Å². The second kappa shape index (κ2) is 5.70. The maximum Gasteiger partial charge on any atom is 0.315 e. The van der Waals surface area contributed by atoms with Crippen LogP contribution in [0, 0.1) is 12.8 Å². The van der Waals surface area contributed by atoms with Crippen molar-refractivity contribution in [2.75, 3.05) is 13.2 Å². The lowest BCUT2D eigenvalue weighted by molar-refractivity contribution is -0.142. The fraction of sp³-hybridized carbons (Fsp3) is 0.545. The van der Waals surface area contributed by atoms with Gasteiger partial charge in [-0.1, -0.05) is 5.16 Å². The van der Waals surface area contributed by atoms with E-state index < -0.39 is 24.0 Å². The average Bonchev–Trinajstić information content (AvgIpc) is 2.95. The number of urea groups is 1. The van der Waals surface area contributed by atoms with Gasteiger partial charge in [-0.3, -0.25) is 4.79 Å². The van der Waals surface area contributed by atoms with Crippen LogP contribution in [-0.2, 0) is 16.1 Å². The van der Waals surface area contributed by atoms with Crippen molar-refractivity contribution in [2.45, 2.75) is 19.5 Å². The van der Waals surface area contributed by atoms with Crippen molar-refractivity contribution in [1.29, 1.82) is 0 Å². The third-order valence-corrected chi connectivity index (χ3v) is 2.81. The lowest BCUT2D eigenvalue weighted by Crippen LogP contribution is -2.46. The van der Waals surface area contributed by atoms with Crippen LogP contribution in [-0.4, -0.2) is 41.5 Å². The molecule has 0 bridgehead atoms. The third-order valence-electron chi connectivity index (χ3n) is 2.81. The number of carboxylic acids is 1. The second-order valence-corrected chi connectivity index (χ2v) is 4.35. The molecule has 2 atom stereocenters. The highest BCUT2D eigenvalue weighted by atomic mass is 16.5. The third kappa shape index (κ3) is 3.44. The lowest BCUT2D eigenvalue weighted by Gasteiger charge is -2.15. The molecule has 1 aromatic rings. The van der Waals surface area contributed by atoms with Gasteiger partial charge in [-0.2, -0.15) is 0 Å². The predicted molar refractivity (Wildman–Crippen MR) is 62.3 cm³/mol. The van der Waals surface area contributed by atoms with E-state index in [2.05, 4.69) is 15.8 Å². The minimum Gasteiger partial charge on any atom is -0.481 e. The summed E-state index contributed by atoms with van der Waals surface area (Å²) in [5, 5.41) is 17.8. The van der Waals surface area contributed by atoms with E-state index >= 15 is 0 Å². The molecule has 0 radical (unpaired) electrons. The number of hydrogen-bond acceptors (Lipinski definition) is 5. The molecule has 8 nitrogen and oxygen atoms in total. The molecule has 3 N–H and O–H groups in total. The number of carbonyl (C=O) groups excluding carboxylic acids is 1. The summed E-state index contributed by atoms with van der Waals surface area (Å²) in [6.07, 6.45) is 0. The maximum absolute atomic E-state index is 11.6. The van der Waals surface area contributed by atoms with Crippen molar-refractivity contribution in [3.05, 3.63) is 17.5 Å². The van der Waals surface area contributed by atoms with Crippen LogP contribution < -0.4 is 10.6 Å². The van der Waals surface area contributed by atoms with E-state index in [-0.39, 0.29) is 19.8 Å². The molecule has 2 unspecified atom stereocenters. The Hall–Kier alpha value is -2.09. The Bertz CT molecular complexity index is 473. The standard InChI is InChI=1S/C11H15N3O5/c1-6-2-7(19-14-6)3-12-11(17)13-9-5-18-4-8(9)10(15)16/h2,8-9H,3-5H2,1H3,(H,15,16)(H2,12,13,17). The van der Waals surface area contributed by atoms with Gasteiger partial charge in [-0.15, -0.1) is 0 Å². The lowest BCUT2D eigenvalue weighted by atomic mass is 10.0. The van der Waals surface area contributed by atoms with Crippen LogP contribution in [0.3, 0.4) is 0 Å². The number of nitrogens with zero attached hydrogens (tertiary/aromatic N) is 1. The molecular weight excluding hydrogens is 254 g/mol. The number of aliphatic carboxylic acids is 1. The SMILES string of the molecule is Cc1cc(CNC(=O)NC2COCC2C(=O)O)on1. The number of amides is 2. The van der Waals surface area contributed by atoms with Crippen molar-refractivity contribution in [3.63, 3.8) is 0 Å². The molecule has 1 aliphatic heterocycles. The molecular formula is C11H15N3O5.